The molecule has 1 aromatic heterocycles. The van der Waals surface area contributed by atoms with E-state index in [9.17, 15) is 4.39 Å². The number of benzene rings is 1. The van der Waals surface area contributed by atoms with Crippen LogP contribution in [0.1, 0.15) is 10.4 Å². The van der Waals surface area contributed by atoms with Crippen LogP contribution in [0.15, 0.2) is 40.2 Å². The molecule has 0 aliphatic rings. The topological polar surface area (TPSA) is 3.24 Å². The minimum absolute atomic E-state index is 0.182. The lowest BCUT2D eigenvalue weighted by Crippen LogP contribution is -2.16. The summed E-state index contributed by atoms with van der Waals surface area (Å²) in [6.07, 6.45) is 0. The lowest BCUT2D eigenvalue weighted by atomic mass is 10.2. The molecule has 1 aromatic carbocycles. The Labute approximate surface area is 113 Å². The lowest BCUT2D eigenvalue weighted by molar-refractivity contribution is 0.322. The normalized spacial score (nSPS) is 11.1. The van der Waals surface area contributed by atoms with Gasteiger partial charge in [-0.2, -0.15) is 0 Å². The maximum Gasteiger partial charge on any atom is 0.123 e. The average Bonchev–Trinajstić information content (AvgIpc) is 2.67. The van der Waals surface area contributed by atoms with Gasteiger partial charge in [0.15, 0.2) is 0 Å². The molecule has 0 spiro atoms. The first-order chi connectivity index (χ1) is 8.13. The molecule has 0 fully saturated rings. The fourth-order valence-electron chi connectivity index (χ4n) is 1.66. The Morgan fingerprint density at radius 3 is 2.53 bits per heavy atom. The third-order valence-electron chi connectivity index (χ3n) is 2.41. The summed E-state index contributed by atoms with van der Waals surface area (Å²) in [6.45, 7) is 1.74. The summed E-state index contributed by atoms with van der Waals surface area (Å²) in [7, 11) is 2.07. The molecule has 0 aliphatic carbocycles. The molecule has 0 saturated heterocycles. The molecule has 0 aliphatic heterocycles. The van der Waals surface area contributed by atoms with Crippen LogP contribution in [0.2, 0.25) is 0 Å². The Morgan fingerprint density at radius 2 is 1.94 bits per heavy atom. The Morgan fingerprint density at radius 1 is 1.24 bits per heavy atom. The number of halogens is 2. The fraction of sp³-hybridized carbons (Fsp3) is 0.231. The Hall–Kier alpha value is -0.710. The molecule has 0 bridgehead atoms. The molecule has 0 saturated carbocycles. The number of nitrogens with zero attached hydrogens (tertiary/aromatic N) is 1. The minimum atomic E-state index is -0.182. The van der Waals surface area contributed by atoms with E-state index in [-0.39, 0.29) is 5.82 Å². The Balaban J connectivity index is 1.93. The van der Waals surface area contributed by atoms with E-state index in [1.54, 1.807) is 11.3 Å². The summed E-state index contributed by atoms with van der Waals surface area (Å²) in [4.78, 5) is 3.53. The van der Waals surface area contributed by atoms with Crippen molar-refractivity contribution in [3.63, 3.8) is 0 Å². The van der Waals surface area contributed by atoms with Crippen molar-refractivity contribution in [3.8, 4) is 0 Å². The van der Waals surface area contributed by atoms with Gasteiger partial charge in [0.1, 0.15) is 5.82 Å². The maximum absolute atomic E-state index is 12.8. The van der Waals surface area contributed by atoms with Crippen molar-refractivity contribution in [1.82, 2.24) is 4.90 Å². The molecule has 2 aromatic rings. The van der Waals surface area contributed by atoms with Crippen molar-refractivity contribution in [1.29, 1.82) is 0 Å². The van der Waals surface area contributed by atoms with E-state index < -0.39 is 0 Å². The van der Waals surface area contributed by atoms with Crippen molar-refractivity contribution < 1.29 is 4.39 Å². The highest BCUT2D eigenvalue weighted by Gasteiger charge is 2.04. The van der Waals surface area contributed by atoms with E-state index in [1.165, 1.54) is 17.0 Å². The van der Waals surface area contributed by atoms with Crippen molar-refractivity contribution >= 4 is 27.3 Å². The molecule has 4 heteroatoms. The Bertz CT molecular complexity index is 480. The van der Waals surface area contributed by atoms with Crippen molar-refractivity contribution in [2.24, 2.45) is 0 Å². The molecule has 0 unspecified atom stereocenters. The van der Waals surface area contributed by atoms with E-state index >= 15 is 0 Å². The van der Waals surface area contributed by atoms with Crippen LogP contribution in [0.5, 0.6) is 0 Å². The zero-order chi connectivity index (χ0) is 12.3. The summed E-state index contributed by atoms with van der Waals surface area (Å²) < 4.78 is 13.9. The molecular formula is C13H13BrFNS. The predicted molar refractivity (Wildman–Crippen MR) is 73.6 cm³/mol. The predicted octanol–water partition coefficient (Wildman–Crippen LogP) is 4.28. The van der Waals surface area contributed by atoms with Crippen molar-refractivity contribution in [2.45, 2.75) is 13.1 Å². The molecule has 1 heterocycles. The first-order valence-corrected chi connectivity index (χ1v) is 6.96. The third-order valence-corrected chi connectivity index (χ3v) is 4.10. The first kappa shape index (κ1) is 12.7. The van der Waals surface area contributed by atoms with Crippen LogP contribution in [0.25, 0.3) is 0 Å². The van der Waals surface area contributed by atoms with Gasteiger partial charge in [0.05, 0.1) is 0 Å². The Kier molecular flexibility index (Phi) is 4.31. The molecule has 0 N–H and O–H groups in total. The number of rotatable bonds is 4. The molecular weight excluding hydrogens is 301 g/mol. The quantitative estimate of drug-likeness (QED) is 0.814. The van der Waals surface area contributed by atoms with Gasteiger partial charge in [-0.15, -0.1) is 11.3 Å². The second-order valence-corrected chi connectivity index (χ2v) is 5.94. The van der Waals surface area contributed by atoms with Gasteiger partial charge in [0, 0.05) is 27.8 Å². The van der Waals surface area contributed by atoms with Crippen LogP contribution in [0.4, 0.5) is 4.39 Å². The molecule has 17 heavy (non-hydrogen) atoms. The number of hydrogen-bond acceptors (Lipinski definition) is 2. The molecule has 2 rings (SSSR count). The SMILES string of the molecule is CN(Cc1ccc(F)cc1)Cc1cc(Br)cs1. The average molecular weight is 314 g/mol. The van der Waals surface area contributed by atoms with Gasteiger partial charge >= 0.3 is 0 Å². The standard InChI is InChI=1S/C13H13BrFNS/c1-16(8-13-6-11(14)9-17-13)7-10-2-4-12(15)5-3-10/h2-6,9H,7-8H2,1H3. The highest BCUT2D eigenvalue weighted by Crippen LogP contribution is 2.21. The maximum atomic E-state index is 12.8. The largest absolute Gasteiger partial charge is 0.297 e. The zero-order valence-electron chi connectivity index (χ0n) is 9.49. The summed E-state index contributed by atoms with van der Waals surface area (Å²) >= 11 is 5.19. The van der Waals surface area contributed by atoms with Gasteiger partial charge in [-0.05, 0) is 46.7 Å². The zero-order valence-corrected chi connectivity index (χ0v) is 11.9. The van der Waals surface area contributed by atoms with E-state index in [4.69, 9.17) is 0 Å². The van der Waals surface area contributed by atoms with Gasteiger partial charge in [-0.1, -0.05) is 12.1 Å². The van der Waals surface area contributed by atoms with Crippen LogP contribution in [0, 0.1) is 5.82 Å². The minimum Gasteiger partial charge on any atom is -0.297 e. The third kappa shape index (κ3) is 3.91. The van der Waals surface area contributed by atoms with E-state index in [1.807, 2.05) is 12.1 Å². The second-order valence-electron chi connectivity index (χ2n) is 4.03. The summed E-state index contributed by atoms with van der Waals surface area (Å²) in [5, 5.41) is 2.08. The highest BCUT2D eigenvalue weighted by molar-refractivity contribution is 9.10. The monoisotopic (exact) mass is 313 g/mol. The van der Waals surface area contributed by atoms with E-state index in [0.717, 1.165) is 23.1 Å². The first-order valence-electron chi connectivity index (χ1n) is 5.29. The van der Waals surface area contributed by atoms with Crippen LogP contribution >= 0.6 is 27.3 Å². The van der Waals surface area contributed by atoms with Gasteiger partial charge < -0.3 is 0 Å². The van der Waals surface area contributed by atoms with E-state index in [0.29, 0.717) is 0 Å². The second kappa shape index (κ2) is 5.76. The molecule has 0 amide bonds. The van der Waals surface area contributed by atoms with Gasteiger partial charge in [-0.3, -0.25) is 4.90 Å². The summed E-state index contributed by atoms with van der Waals surface area (Å²) in [5.41, 5.74) is 1.13. The van der Waals surface area contributed by atoms with Crippen molar-refractivity contribution in [3.05, 3.63) is 56.4 Å². The summed E-state index contributed by atoms with van der Waals surface area (Å²) in [5.74, 6) is -0.182. The van der Waals surface area contributed by atoms with Crippen LogP contribution < -0.4 is 0 Å². The van der Waals surface area contributed by atoms with Gasteiger partial charge in [0.2, 0.25) is 0 Å². The highest BCUT2D eigenvalue weighted by atomic mass is 79.9. The molecule has 1 nitrogen and oxygen atoms in total. The van der Waals surface area contributed by atoms with Gasteiger partial charge in [-0.25, -0.2) is 4.39 Å². The van der Waals surface area contributed by atoms with Gasteiger partial charge in [0.25, 0.3) is 0 Å². The van der Waals surface area contributed by atoms with Crippen LogP contribution in [0.3, 0.4) is 0 Å². The van der Waals surface area contributed by atoms with E-state index in [2.05, 4.69) is 39.3 Å². The fourth-order valence-corrected chi connectivity index (χ4v) is 3.19. The van der Waals surface area contributed by atoms with Crippen molar-refractivity contribution in [2.75, 3.05) is 7.05 Å². The smallest absolute Gasteiger partial charge is 0.123 e. The molecule has 90 valence electrons. The lowest BCUT2D eigenvalue weighted by Gasteiger charge is -2.15. The number of thiophene rings is 1. The summed E-state index contributed by atoms with van der Waals surface area (Å²) in [6, 6.07) is 8.80. The van der Waals surface area contributed by atoms with Crippen LogP contribution in [-0.2, 0) is 13.1 Å². The molecule has 0 radical (unpaired) electrons. The van der Waals surface area contributed by atoms with Crippen LogP contribution in [-0.4, -0.2) is 11.9 Å². The number of hydrogen-bond donors (Lipinski definition) is 0. The molecule has 0 atom stereocenters.